The molecule has 162 valence electrons. The molecule has 0 spiro atoms. The maximum absolute atomic E-state index is 12.8. The SMILES string of the molecule is COC(=O)CC(Nc1ccnc2cc(C(=O)N3CCCC3)ccc12)c1cccc(C#N)c1. The summed E-state index contributed by atoms with van der Waals surface area (Å²) in [4.78, 5) is 31.1. The standard InChI is InChI=1S/C25H24N4O3/c1-32-24(30)15-22(18-6-4-5-17(13-18)16-26)28-21-9-10-27-23-14-19(7-8-20(21)23)25(31)29-11-2-3-12-29/h4-10,13-14,22H,2-3,11-12,15H2,1H3,(H,27,28). The van der Waals surface area contributed by atoms with Crippen molar-refractivity contribution in [2.24, 2.45) is 0 Å². The number of ether oxygens (including phenoxy) is 1. The van der Waals surface area contributed by atoms with E-state index in [2.05, 4.69) is 16.4 Å². The van der Waals surface area contributed by atoms with E-state index >= 15 is 0 Å². The smallest absolute Gasteiger partial charge is 0.307 e. The number of carbonyl (C=O) groups is 2. The lowest BCUT2D eigenvalue weighted by Gasteiger charge is -2.21. The summed E-state index contributed by atoms with van der Waals surface area (Å²) in [6.45, 7) is 1.59. The minimum Gasteiger partial charge on any atom is -0.469 e. The summed E-state index contributed by atoms with van der Waals surface area (Å²) in [6, 6.07) is 16.2. The maximum atomic E-state index is 12.8. The zero-order valence-corrected chi connectivity index (χ0v) is 17.9. The molecule has 1 atom stereocenters. The summed E-state index contributed by atoms with van der Waals surface area (Å²) in [5.74, 6) is -0.330. The molecule has 1 N–H and O–H groups in total. The topological polar surface area (TPSA) is 95.3 Å². The Bertz CT molecular complexity index is 1200. The first-order chi connectivity index (χ1) is 15.6. The number of rotatable bonds is 6. The summed E-state index contributed by atoms with van der Waals surface area (Å²) < 4.78 is 4.88. The molecule has 2 aromatic carbocycles. The number of amides is 1. The summed E-state index contributed by atoms with van der Waals surface area (Å²) in [5, 5.41) is 13.5. The highest BCUT2D eigenvalue weighted by Gasteiger charge is 2.21. The van der Waals surface area contributed by atoms with Gasteiger partial charge in [0.1, 0.15) is 0 Å². The Balaban J connectivity index is 1.66. The van der Waals surface area contributed by atoms with Crippen molar-refractivity contribution in [1.29, 1.82) is 5.26 Å². The number of benzene rings is 2. The van der Waals surface area contributed by atoms with Crippen LogP contribution in [0.3, 0.4) is 0 Å². The minimum atomic E-state index is -0.396. The maximum Gasteiger partial charge on any atom is 0.307 e. The monoisotopic (exact) mass is 428 g/mol. The van der Waals surface area contributed by atoms with E-state index in [9.17, 15) is 14.9 Å². The lowest BCUT2D eigenvalue weighted by molar-refractivity contribution is -0.140. The van der Waals surface area contributed by atoms with E-state index in [1.165, 1.54) is 7.11 Å². The number of hydrogen-bond acceptors (Lipinski definition) is 6. The molecule has 1 amide bonds. The fourth-order valence-corrected chi connectivity index (χ4v) is 4.02. The van der Waals surface area contributed by atoms with Gasteiger partial charge in [-0.2, -0.15) is 5.26 Å². The van der Waals surface area contributed by atoms with Crippen LogP contribution in [-0.4, -0.2) is 42.0 Å². The second kappa shape index (κ2) is 9.48. The number of anilines is 1. The van der Waals surface area contributed by atoms with E-state index in [1.54, 1.807) is 24.4 Å². The number of nitrogens with one attached hydrogen (secondary N) is 1. The van der Waals surface area contributed by atoms with E-state index in [4.69, 9.17) is 4.74 Å². The molecule has 1 unspecified atom stereocenters. The van der Waals surface area contributed by atoms with Crippen molar-refractivity contribution >= 4 is 28.5 Å². The van der Waals surface area contributed by atoms with Gasteiger partial charge in [-0.3, -0.25) is 14.6 Å². The van der Waals surface area contributed by atoms with Crippen LogP contribution < -0.4 is 5.32 Å². The molecule has 1 aromatic heterocycles. The van der Waals surface area contributed by atoms with Gasteiger partial charge in [0.2, 0.25) is 0 Å². The summed E-state index contributed by atoms with van der Waals surface area (Å²) in [5.41, 5.74) is 3.43. The Kier molecular flexibility index (Phi) is 6.31. The normalized spacial score (nSPS) is 14.1. The third-order valence-electron chi connectivity index (χ3n) is 5.73. The van der Waals surface area contributed by atoms with Crippen molar-refractivity contribution in [3.05, 3.63) is 71.4 Å². The molecule has 0 bridgehead atoms. The Labute approximate surface area is 186 Å². The van der Waals surface area contributed by atoms with Crippen molar-refractivity contribution in [3.63, 3.8) is 0 Å². The first kappa shape index (κ1) is 21.3. The lowest BCUT2D eigenvalue weighted by Crippen LogP contribution is -2.27. The van der Waals surface area contributed by atoms with Gasteiger partial charge >= 0.3 is 5.97 Å². The average molecular weight is 428 g/mol. The van der Waals surface area contributed by atoms with Crippen LogP contribution in [0.25, 0.3) is 10.9 Å². The molecule has 7 heteroatoms. The number of carbonyl (C=O) groups excluding carboxylic acids is 2. The van der Waals surface area contributed by atoms with Crippen LogP contribution in [0.2, 0.25) is 0 Å². The van der Waals surface area contributed by atoms with Gasteiger partial charge in [-0.1, -0.05) is 12.1 Å². The van der Waals surface area contributed by atoms with E-state index < -0.39 is 6.04 Å². The molecule has 2 heterocycles. The third kappa shape index (κ3) is 4.54. The van der Waals surface area contributed by atoms with E-state index in [1.807, 2.05) is 35.2 Å². The van der Waals surface area contributed by atoms with Crippen LogP contribution in [0.4, 0.5) is 5.69 Å². The zero-order chi connectivity index (χ0) is 22.5. The second-order valence-corrected chi connectivity index (χ2v) is 7.80. The van der Waals surface area contributed by atoms with E-state index in [0.29, 0.717) is 16.6 Å². The van der Waals surface area contributed by atoms with Crippen LogP contribution in [0.5, 0.6) is 0 Å². The number of hydrogen-bond donors (Lipinski definition) is 1. The summed E-state index contributed by atoms with van der Waals surface area (Å²) in [7, 11) is 1.35. The Morgan fingerprint density at radius 3 is 2.75 bits per heavy atom. The number of methoxy groups -OCH3 is 1. The fraction of sp³-hybridized carbons (Fsp3) is 0.280. The zero-order valence-electron chi connectivity index (χ0n) is 17.9. The van der Waals surface area contributed by atoms with Crippen LogP contribution >= 0.6 is 0 Å². The van der Waals surface area contributed by atoms with Crippen molar-refractivity contribution in [2.75, 3.05) is 25.5 Å². The van der Waals surface area contributed by atoms with Crippen molar-refractivity contribution in [3.8, 4) is 6.07 Å². The largest absolute Gasteiger partial charge is 0.469 e. The molecule has 7 nitrogen and oxygen atoms in total. The number of nitrogens with zero attached hydrogens (tertiary/aromatic N) is 3. The van der Waals surface area contributed by atoms with Gasteiger partial charge in [0, 0.05) is 35.9 Å². The highest BCUT2D eigenvalue weighted by atomic mass is 16.5. The van der Waals surface area contributed by atoms with Crippen molar-refractivity contribution in [2.45, 2.75) is 25.3 Å². The molecule has 32 heavy (non-hydrogen) atoms. The number of esters is 1. The molecule has 0 aliphatic carbocycles. The number of fused-ring (bicyclic) bond motifs is 1. The molecular weight excluding hydrogens is 404 g/mol. The van der Waals surface area contributed by atoms with Crippen molar-refractivity contribution < 1.29 is 14.3 Å². The van der Waals surface area contributed by atoms with Gasteiger partial charge < -0.3 is 15.0 Å². The van der Waals surface area contributed by atoms with Crippen LogP contribution in [0.15, 0.2) is 54.7 Å². The number of likely N-dealkylation sites (tertiary alicyclic amines) is 1. The Morgan fingerprint density at radius 1 is 1.19 bits per heavy atom. The Morgan fingerprint density at radius 2 is 2.00 bits per heavy atom. The predicted octanol–water partition coefficient (Wildman–Crippen LogP) is 4.06. The molecular formula is C25H24N4O3. The second-order valence-electron chi connectivity index (χ2n) is 7.80. The third-order valence-corrected chi connectivity index (χ3v) is 5.73. The van der Waals surface area contributed by atoms with Crippen LogP contribution in [-0.2, 0) is 9.53 Å². The first-order valence-electron chi connectivity index (χ1n) is 10.6. The van der Waals surface area contributed by atoms with Gasteiger partial charge in [0.25, 0.3) is 5.91 Å². The molecule has 0 radical (unpaired) electrons. The molecule has 1 aliphatic rings. The lowest BCUT2D eigenvalue weighted by atomic mass is 10.0. The highest BCUT2D eigenvalue weighted by Crippen LogP contribution is 2.29. The summed E-state index contributed by atoms with van der Waals surface area (Å²) in [6.07, 6.45) is 3.86. The van der Waals surface area contributed by atoms with Gasteiger partial charge in [-0.25, -0.2) is 0 Å². The molecule has 1 fully saturated rings. The molecule has 4 rings (SSSR count). The average Bonchev–Trinajstić information content (AvgIpc) is 3.38. The van der Waals surface area contributed by atoms with E-state index in [-0.39, 0.29) is 18.3 Å². The molecule has 0 saturated carbocycles. The van der Waals surface area contributed by atoms with Crippen LogP contribution in [0.1, 0.15) is 46.8 Å². The first-order valence-corrected chi connectivity index (χ1v) is 10.6. The Hall–Kier alpha value is -3.92. The number of nitriles is 1. The minimum absolute atomic E-state index is 0.0291. The summed E-state index contributed by atoms with van der Waals surface area (Å²) >= 11 is 0. The van der Waals surface area contributed by atoms with Gasteiger partial charge in [-0.15, -0.1) is 0 Å². The molecule has 3 aromatic rings. The van der Waals surface area contributed by atoms with Crippen molar-refractivity contribution in [1.82, 2.24) is 9.88 Å². The molecule has 1 aliphatic heterocycles. The van der Waals surface area contributed by atoms with Gasteiger partial charge in [0.15, 0.2) is 0 Å². The van der Waals surface area contributed by atoms with Crippen LogP contribution in [0, 0.1) is 11.3 Å². The highest BCUT2D eigenvalue weighted by molar-refractivity contribution is 6.00. The predicted molar refractivity (Wildman–Crippen MR) is 121 cm³/mol. The van der Waals surface area contributed by atoms with E-state index in [0.717, 1.165) is 42.6 Å². The number of aromatic nitrogens is 1. The molecule has 1 saturated heterocycles. The van der Waals surface area contributed by atoms with Gasteiger partial charge in [-0.05, 0) is 54.8 Å². The quantitative estimate of drug-likeness (QED) is 0.595. The fourth-order valence-electron chi connectivity index (χ4n) is 4.02. The van der Waals surface area contributed by atoms with Gasteiger partial charge in [0.05, 0.1) is 36.7 Å². The number of pyridine rings is 1.